The molecule has 2 aromatic rings. The maximum Gasteiger partial charge on any atom is 0.243 e. The van der Waals surface area contributed by atoms with Crippen LogP contribution >= 0.6 is 0 Å². The van der Waals surface area contributed by atoms with Crippen LogP contribution in [0.1, 0.15) is 44.1 Å². The minimum absolute atomic E-state index is 0.109. The number of aryl methyl sites for hydroxylation is 1. The van der Waals surface area contributed by atoms with Gasteiger partial charge in [0.25, 0.3) is 0 Å². The highest BCUT2D eigenvalue weighted by Gasteiger charge is 2.28. The van der Waals surface area contributed by atoms with E-state index in [1.54, 1.807) is 24.3 Å². The number of methoxy groups -OCH3 is 1. The SMILES string of the molecule is COc1ccc(S(=O)(=O)N2CCCC2)cc1CCC(=O)Nc1ccc(S(=O)(=O)N2CCCCC2)cc1. The van der Waals surface area contributed by atoms with Crippen LogP contribution in [0.2, 0.25) is 0 Å². The molecule has 196 valence electrons. The number of anilines is 1. The van der Waals surface area contributed by atoms with E-state index >= 15 is 0 Å². The van der Waals surface area contributed by atoms with Crippen molar-refractivity contribution in [2.24, 2.45) is 0 Å². The lowest BCUT2D eigenvalue weighted by molar-refractivity contribution is -0.116. The second kappa shape index (κ2) is 11.3. The van der Waals surface area contributed by atoms with Crippen molar-refractivity contribution in [2.75, 3.05) is 38.6 Å². The number of nitrogens with zero attached hydrogens (tertiary/aromatic N) is 2. The summed E-state index contributed by atoms with van der Waals surface area (Å²) in [6.45, 7) is 2.10. The van der Waals surface area contributed by atoms with Crippen LogP contribution in [0.5, 0.6) is 5.75 Å². The van der Waals surface area contributed by atoms with Gasteiger partial charge in [0.05, 0.1) is 16.9 Å². The van der Waals surface area contributed by atoms with E-state index in [0.717, 1.165) is 32.1 Å². The summed E-state index contributed by atoms with van der Waals surface area (Å²) >= 11 is 0. The lowest BCUT2D eigenvalue weighted by Crippen LogP contribution is -2.35. The lowest BCUT2D eigenvalue weighted by atomic mass is 10.1. The largest absolute Gasteiger partial charge is 0.496 e. The van der Waals surface area contributed by atoms with E-state index in [4.69, 9.17) is 4.74 Å². The third-order valence-electron chi connectivity index (χ3n) is 6.67. The second-order valence-electron chi connectivity index (χ2n) is 9.12. The fourth-order valence-corrected chi connectivity index (χ4v) is 7.71. The zero-order valence-electron chi connectivity index (χ0n) is 20.5. The first-order valence-electron chi connectivity index (χ1n) is 12.3. The molecule has 36 heavy (non-hydrogen) atoms. The van der Waals surface area contributed by atoms with Crippen molar-refractivity contribution in [2.45, 2.75) is 54.7 Å². The van der Waals surface area contributed by atoms with E-state index in [-0.39, 0.29) is 22.1 Å². The number of carbonyl (C=O) groups excluding carboxylic acids is 1. The summed E-state index contributed by atoms with van der Waals surface area (Å²) in [5, 5.41) is 2.78. The molecule has 0 bridgehead atoms. The van der Waals surface area contributed by atoms with Crippen molar-refractivity contribution < 1.29 is 26.4 Å². The lowest BCUT2D eigenvalue weighted by Gasteiger charge is -2.25. The van der Waals surface area contributed by atoms with Crippen LogP contribution in [0.3, 0.4) is 0 Å². The van der Waals surface area contributed by atoms with Crippen LogP contribution in [-0.2, 0) is 31.3 Å². The van der Waals surface area contributed by atoms with Crippen molar-refractivity contribution in [1.29, 1.82) is 0 Å². The van der Waals surface area contributed by atoms with Crippen molar-refractivity contribution in [3.63, 3.8) is 0 Å². The molecule has 0 spiro atoms. The van der Waals surface area contributed by atoms with E-state index in [9.17, 15) is 21.6 Å². The molecule has 4 rings (SSSR count). The maximum atomic E-state index is 12.9. The Morgan fingerprint density at radius 3 is 1.92 bits per heavy atom. The Bertz CT molecular complexity index is 1280. The first-order valence-corrected chi connectivity index (χ1v) is 15.2. The molecule has 2 saturated heterocycles. The number of ether oxygens (including phenoxy) is 1. The number of hydrogen-bond donors (Lipinski definition) is 1. The van der Waals surface area contributed by atoms with Gasteiger partial charge in [-0.15, -0.1) is 0 Å². The summed E-state index contributed by atoms with van der Waals surface area (Å²) < 4.78 is 59.8. The number of nitrogens with one attached hydrogen (secondary N) is 1. The Kier molecular flexibility index (Phi) is 8.34. The topological polar surface area (TPSA) is 113 Å². The van der Waals surface area contributed by atoms with E-state index in [0.29, 0.717) is 49.6 Å². The van der Waals surface area contributed by atoms with Crippen molar-refractivity contribution in [3.05, 3.63) is 48.0 Å². The highest BCUT2D eigenvalue weighted by molar-refractivity contribution is 7.89. The van der Waals surface area contributed by atoms with Crippen LogP contribution in [0.4, 0.5) is 5.69 Å². The molecular formula is C25H33N3O6S2. The number of benzene rings is 2. The van der Waals surface area contributed by atoms with Gasteiger partial charge in [-0.3, -0.25) is 4.79 Å². The van der Waals surface area contributed by atoms with Gasteiger partial charge in [0.1, 0.15) is 5.75 Å². The summed E-state index contributed by atoms with van der Waals surface area (Å²) in [5.74, 6) is 0.256. The predicted molar refractivity (Wildman–Crippen MR) is 137 cm³/mol. The number of amides is 1. The van der Waals surface area contributed by atoms with Gasteiger partial charge < -0.3 is 10.1 Å². The number of rotatable bonds is 9. The third-order valence-corrected chi connectivity index (χ3v) is 10.5. The van der Waals surface area contributed by atoms with Crippen LogP contribution < -0.4 is 10.1 Å². The Labute approximate surface area is 213 Å². The summed E-state index contributed by atoms with van der Waals surface area (Å²) in [6.07, 6.45) is 4.89. The minimum Gasteiger partial charge on any atom is -0.496 e. The maximum absolute atomic E-state index is 12.9. The van der Waals surface area contributed by atoms with Gasteiger partial charge in [-0.25, -0.2) is 16.8 Å². The third kappa shape index (κ3) is 5.91. The summed E-state index contributed by atoms with van der Waals surface area (Å²) in [4.78, 5) is 13.0. The van der Waals surface area contributed by atoms with Crippen molar-refractivity contribution >= 4 is 31.6 Å². The molecule has 2 heterocycles. The van der Waals surface area contributed by atoms with E-state index in [1.807, 2.05) is 0 Å². The van der Waals surface area contributed by atoms with Crippen molar-refractivity contribution in [3.8, 4) is 5.75 Å². The van der Waals surface area contributed by atoms with Gasteiger partial charge in [0.15, 0.2) is 0 Å². The van der Waals surface area contributed by atoms with Crippen LogP contribution in [0.15, 0.2) is 52.3 Å². The number of piperidine rings is 1. The zero-order chi connectivity index (χ0) is 25.8. The van der Waals surface area contributed by atoms with Crippen molar-refractivity contribution in [1.82, 2.24) is 8.61 Å². The average molecular weight is 536 g/mol. The molecule has 2 fully saturated rings. The molecule has 1 amide bonds. The Hall–Kier alpha value is -2.47. The van der Waals surface area contributed by atoms with Gasteiger partial charge in [-0.2, -0.15) is 8.61 Å². The van der Waals surface area contributed by atoms with Gasteiger partial charge in [0, 0.05) is 38.3 Å². The van der Waals surface area contributed by atoms with Crippen LogP contribution in [0, 0.1) is 0 Å². The Balaban J connectivity index is 1.39. The molecule has 0 atom stereocenters. The van der Waals surface area contributed by atoms with Crippen LogP contribution in [0.25, 0.3) is 0 Å². The van der Waals surface area contributed by atoms with E-state index in [1.165, 1.54) is 33.9 Å². The highest BCUT2D eigenvalue weighted by atomic mass is 32.2. The fraction of sp³-hybridized carbons (Fsp3) is 0.480. The van der Waals surface area contributed by atoms with Crippen LogP contribution in [-0.4, -0.2) is 64.6 Å². The molecule has 0 aromatic heterocycles. The molecule has 0 aliphatic carbocycles. The molecule has 0 unspecified atom stereocenters. The molecule has 1 N–H and O–H groups in total. The molecule has 9 nitrogen and oxygen atoms in total. The molecule has 0 saturated carbocycles. The highest BCUT2D eigenvalue weighted by Crippen LogP contribution is 2.28. The molecule has 11 heteroatoms. The molecule has 2 aromatic carbocycles. The molecule has 2 aliphatic heterocycles. The average Bonchev–Trinajstić information content (AvgIpc) is 3.44. The molecular weight excluding hydrogens is 502 g/mol. The summed E-state index contributed by atoms with van der Waals surface area (Å²) in [6, 6.07) is 10.9. The first kappa shape index (κ1) is 26.6. The zero-order valence-corrected chi connectivity index (χ0v) is 22.1. The number of hydrogen-bond acceptors (Lipinski definition) is 6. The van der Waals surface area contributed by atoms with Gasteiger partial charge in [-0.05, 0) is 80.1 Å². The smallest absolute Gasteiger partial charge is 0.243 e. The fourth-order valence-electron chi connectivity index (χ4n) is 4.62. The van der Waals surface area contributed by atoms with E-state index < -0.39 is 20.0 Å². The van der Waals surface area contributed by atoms with E-state index in [2.05, 4.69) is 5.32 Å². The van der Waals surface area contributed by atoms with Gasteiger partial charge in [-0.1, -0.05) is 6.42 Å². The molecule has 0 radical (unpaired) electrons. The second-order valence-corrected chi connectivity index (χ2v) is 13.0. The van der Waals surface area contributed by atoms with Gasteiger partial charge in [0.2, 0.25) is 26.0 Å². The monoisotopic (exact) mass is 535 g/mol. The minimum atomic E-state index is -3.57. The quantitative estimate of drug-likeness (QED) is 0.528. The Morgan fingerprint density at radius 1 is 0.806 bits per heavy atom. The first-order chi connectivity index (χ1) is 17.2. The summed E-state index contributed by atoms with van der Waals surface area (Å²) in [7, 11) is -5.60. The predicted octanol–water partition coefficient (Wildman–Crippen LogP) is 3.23. The number of carbonyl (C=O) groups is 1. The molecule has 2 aliphatic rings. The Morgan fingerprint density at radius 2 is 1.33 bits per heavy atom. The summed E-state index contributed by atoms with van der Waals surface area (Å²) in [5.41, 5.74) is 1.13. The standard InChI is InChI=1S/C25H33N3O6S2/c1-34-24-13-12-23(36(32,33)28-17-5-6-18-28)19-20(24)7-14-25(29)26-21-8-10-22(11-9-21)35(30,31)27-15-3-2-4-16-27/h8-13,19H,2-7,14-18H2,1H3,(H,26,29). The van der Waals surface area contributed by atoms with Gasteiger partial charge >= 0.3 is 0 Å². The normalized spacial score (nSPS) is 17.7. The number of sulfonamides is 2.